The SMILES string of the molecule is c1cc2cc(CN3CCC[C@H](Cc4ccc5[nH]ncc5c4)C3)ccc2s1. The maximum absolute atomic E-state index is 4.13. The van der Waals surface area contributed by atoms with Crippen LogP contribution in [0.2, 0.25) is 0 Å². The molecule has 0 aliphatic carbocycles. The average molecular weight is 362 g/mol. The number of thiophene rings is 1. The average Bonchev–Trinajstić information content (AvgIpc) is 3.30. The molecule has 1 saturated heterocycles. The smallest absolute Gasteiger partial charge is 0.0650 e. The van der Waals surface area contributed by atoms with Gasteiger partial charge in [-0.1, -0.05) is 12.1 Å². The first-order valence-corrected chi connectivity index (χ1v) is 10.3. The summed E-state index contributed by atoms with van der Waals surface area (Å²) in [5.74, 6) is 0.748. The van der Waals surface area contributed by atoms with Crippen molar-refractivity contribution in [3.63, 3.8) is 0 Å². The van der Waals surface area contributed by atoms with Crippen LogP contribution in [0.4, 0.5) is 0 Å². The summed E-state index contributed by atoms with van der Waals surface area (Å²) in [4.78, 5) is 2.64. The van der Waals surface area contributed by atoms with Gasteiger partial charge in [0.2, 0.25) is 0 Å². The van der Waals surface area contributed by atoms with Gasteiger partial charge in [0.1, 0.15) is 0 Å². The Morgan fingerprint density at radius 3 is 3.00 bits per heavy atom. The first kappa shape index (κ1) is 16.0. The molecule has 1 aliphatic heterocycles. The number of fused-ring (bicyclic) bond motifs is 2. The van der Waals surface area contributed by atoms with Gasteiger partial charge in [0, 0.05) is 23.2 Å². The second-order valence-electron chi connectivity index (χ2n) is 7.53. The van der Waals surface area contributed by atoms with Gasteiger partial charge >= 0.3 is 0 Å². The van der Waals surface area contributed by atoms with Crippen LogP contribution in [-0.2, 0) is 13.0 Å². The van der Waals surface area contributed by atoms with Gasteiger partial charge in [-0.15, -0.1) is 11.3 Å². The number of aromatic amines is 1. The second-order valence-corrected chi connectivity index (χ2v) is 8.48. The molecular weight excluding hydrogens is 338 g/mol. The van der Waals surface area contributed by atoms with Crippen molar-refractivity contribution < 1.29 is 0 Å². The molecule has 0 amide bonds. The van der Waals surface area contributed by atoms with E-state index < -0.39 is 0 Å². The third-order valence-corrected chi connectivity index (χ3v) is 6.45. The quantitative estimate of drug-likeness (QED) is 0.539. The van der Waals surface area contributed by atoms with Crippen LogP contribution < -0.4 is 0 Å². The Kier molecular flexibility index (Phi) is 4.23. The number of H-pyrrole nitrogens is 1. The Morgan fingerprint density at radius 2 is 2.00 bits per heavy atom. The largest absolute Gasteiger partial charge is 0.299 e. The fraction of sp³-hybridized carbons (Fsp3) is 0.318. The molecule has 0 radical (unpaired) electrons. The van der Waals surface area contributed by atoms with E-state index in [-0.39, 0.29) is 0 Å². The minimum Gasteiger partial charge on any atom is -0.299 e. The molecule has 5 rings (SSSR count). The molecule has 1 fully saturated rings. The standard InChI is InChI=1S/C22H23N3S/c1-2-17(10-16-3-5-21-20(11-16)13-23-24-21)14-25(8-1)15-18-4-6-22-19(12-18)7-9-26-22/h3-7,9,11-13,17H,1-2,8,10,14-15H2,(H,23,24)/t17-/m1/s1. The number of benzene rings is 2. The molecule has 0 unspecified atom stereocenters. The van der Waals surface area contributed by atoms with Crippen LogP contribution in [0.5, 0.6) is 0 Å². The number of hydrogen-bond acceptors (Lipinski definition) is 3. The second kappa shape index (κ2) is 6.86. The maximum Gasteiger partial charge on any atom is 0.0650 e. The Hall–Kier alpha value is -2.17. The monoisotopic (exact) mass is 361 g/mol. The number of hydrogen-bond donors (Lipinski definition) is 1. The molecule has 4 heteroatoms. The number of piperidine rings is 1. The summed E-state index contributed by atoms with van der Waals surface area (Å²) in [6, 6.07) is 15.9. The van der Waals surface area contributed by atoms with E-state index in [0.29, 0.717) is 0 Å². The highest BCUT2D eigenvalue weighted by Gasteiger charge is 2.20. The van der Waals surface area contributed by atoms with Gasteiger partial charge in [0.25, 0.3) is 0 Å². The van der Waals surface area contributed by atoms with Crippen LogP contribution in [0.25, 0.3) is 21.0 Å². The van der Waals surface area contributed by atoms with Crippen molar-refractivity contribution in [3.05, 3.63) is 65.2 Å². The van der Waals surface area contributed by atoms with E-state index in [1.807, 2.05) is 17.5 Å². The minimum atomic E-state index is 0.748. The van der Waals surface area contributed by atoms with E-state index in [2.05, 4.69) is 62.9 Å². The van der Waals surface area contributed by atoms with Gasteiger partial charge in [0.15, 0.2) is 0 Å². The predicted octanol–water partition coefficient (Wildman–Crippen LogP) is 5.23. The minimum absolute atomic E-state index is 0.748. The summed E-state index contributed by atoms with van der Waals surface area (Å²) in [6.07, 6.45) is 5.73. The molecule has 2 aromatic carbocycles. The molecule has 3 heterocycles. The fourth-order valence-corrected chi connectivity index (χ4v) is 5.06. The van der Waals surface area contributed by atoms with Crippen LogP contribution in [0.1, 0.15) is 24.0 Å². The number of aromatic nitrogens is 2. The third-order valence-electron chi connectivity index (χ3n) is 5.56. The lowest BCUT2D eigenvalue weighted by molar-refractivity contribution is 0.167. The van der Waals surface area contributed by atoms with Crippen LogP contribution in [0.3, 0.4) is 0 Å². The van der Waals surface area contributed by atoms with Crippen LogP contribution in [0.15, 0.2) is 54.0 Å². The van der Waals surface area contributed by atoms with Crippen LogP contribution in [0, 0.1) is 5.92 Å². The highest BCUT2D eigenvalue weighted by atomic mass is 32.1. The van der Waals surface area contributed by atoms with Crippen molar-refractivity contribution in [1.82, 2.24) is 15.1 Å². The van der Waals surface area contributed by atoms with Crippen molar-refractivity contribution in [2.45, 2.75) is 25.8 Å². The Morgan fingerprint density at radius 1 is 1.08 bits per heavy atom. The number of nitrogens with one attached hydrogen (secondary N) is 1. The van der Waals surface area contributed by atoms with Gasteiger partial charge in [-0.3, -0.25) is 10.00 Å². The topological polar surface area (TPSA) is 31.9 Å². The van der Waals surface area contributed by atoms with E-state index in [0.717, 1.165) is 18.0 Å². The van der Waals surface area contributed by atoms with E-state index in [1.165, 1.54) is 59.0 Å². The van der Waals surface area contributed by atoms with Crippen LogP contribution >= 0.6 is 11.3 Å². The van der Waals surface area contributed by atoms with Gasteiger partial charge in [-0.2, -0.15) is 5.10 Å². The molecule has 26 heavy (non-hydrogen) atoms. The summed E-state index contributed by atoms with van der Waals surface area (Å²) >= 11 is 1.82. The fourth-order valence-electron chi connectivity index (χ4n) is 4.29. The number of likely N-dealkylation sites (tertiary alicyclic amines) is 1. The molecule has 3 nitrogen and oxygen atoms in total. The van der Waals surface area contributed by atoms with E-state index in [1.54, 1.807) is 0 Å². The van der Waals surface area contributed by atoms with Crippen LogP contribution in [-0.4, -0.2) is 28.2 Å². The molecule has 0 saturated carbocycles. The normalized spacial score (nSPS) is 18.7. The summed E-state index contributed by atoms with van der Waals surface area (Å²) in [7, 11) is 0. The Labute approximate surface area is 157 Å². The highest BCUT2D eigenvalue weighted by Crippen LogP contribution is 2.26. The lowest BCUT2D eigenvalue weighted by atomic mass is 9.90. The molecule has 1 aliphatic rings. The van der Waals surface area contributed by atoms with Crippen molar-refractivity contribution in [1.29, 1.82) is 0 Å². The summed E-state index contributed by atoms with van der Waals surface area (Å²) in [5.41, 5.74) is 4.00. The Bertz CT molecular complexity index is 950. The van der Waals surface area contributed by atoms with Gasteiger partial charge in [-0.05, 0) is 84.0 Å². The molecule has 1 atom stereocenters. The van der Waals surface area contributed by atoms with E-state index >= 15 is 0 Å². The first-order chi connectivity index (χ1) is 12.8. The molecule has 0 bridgehead atoms. The zero-order valence-electron chi connectivity index (χ0n) is 14.8. The van der Waals surface area contributed by atoms with E-state index in [9.17, 15) is 0 Å². The summed E-state index contributed by atoms with van der Waals surface area (Å²) < 4.78 is 1.39. The Balaban J connectivity index is 1.26. The molecule has 2 aromatic heterocycles. The predicted molar refractivity (Wildman–Crippen MR) is 110 cm³/mol. The van der Waals surface area contributed by atoms with Gasteiger partial charge < -0.3 is 0 Å². The lowest BCUT2D eigenvalue weighted by Crippen LogP contribution is -2.35. The molecule has 0 spiro atoms. The first-order valence-electron chi connectivity index (χ1n) is 9.44. The zero-order chi connectivity index (χ0) is 17.3. The van der Waals surface area contributed by atoms with Gasteiger partial charge in [0.05, 0.1) is 11.7 Å². The molecule has 1 N–H and O–H groups in total. The number of rotatable bonds is 4. The third kappa shape index (κ3) is 3.27. The van der Waals surface area contributed by atoms with Crippen molar-refractivity contribution in [3.8, 4) is 0 Å². The maximum atomic E-state index is 4.13. The highest BCUT2D eigenvalue weighted by molar-refractivity contribution is 7.17. The molecular formula is C22H23N3S. The van der Waals surface area contributed by atoms with Crippen molar-refractivity contribution in [2.75, 3.05) is 13.1 Å². The van der Waals surface area contributed by atoms with E-state index in [4.69, 9.17) is 0 Å². The number of nitrogens with zero attached hydrogens (tertiary/aromatic N) is 2. The molecule has 4 aromatic rings. The summed E-state index contributed by atoms with van der Waals surface area (Å²) in [6.45, 7) is 3.49. The van der Waals surface area contributed by atoms with Crippen molar-refractivity contribution in [2.24, 2.45) is 5.92 Å². The van der Waals surface area contributed by atoms with Crippen molar-refractivity contribution >= 4 is 32.3 Å². The zero-order valence-corrected chi connectivity index (χ0v) is 15.6. The van der Waals surface area contributed by atoms with Gasteiger partial charge in [-0.25, -0.2) is 0 Å². The molecule has 132 valence electrons. The lowest BCUT2D eigenvalue weighted by Gasteiger charge is -2.33. The summed E-state index contributed by atoms with van der Waals surface area (Å²) in [5, 5.41) is 12.0.